The van der Waals surface area contributed by atoms with Crippen molar-refractivity contribution >= 4 is 207 Å². The number of benzene rings is 1. The summed E-state index contributed by atoms with van der Waals surface area (Å²) >= 11 is 36.2. The van der Waals surface area contributed by atoms with Gasteiger partial charge in [-0.2, -0.15) is 0 Å². The van der Waals surface area contributed by atoms with E-state index in [9.17, 15) is 0 Å². The fourth-order valence-corrected chi connectivity index (χ4v) is 34.7. The standard InChI is InChI=1S/C90H102S18/c1-7-13-19-25-31-61-37-43-67(91-61)73-49-55-79(97-73)103-85-86(104-80-56-50-74(98-80)68-44-38-62(92-68)32-26-20-14-8-2)88(106-82-58-52-76(100-82)70-46-40-64(94-70)34-28-22-16-10-4)90(108-84-60-54-78(102-84)72-48-42-66(96-72)36-30-24-18-12-6)89(107-83-59-53-77(101-83)71-47-41-65(95-71)35-29-23-17-11-5)87(85)105-81-57-51-75(99-81)69-45-39-63(93-69)33-27-21-15-9-3/h37-60H,7-36H2,1-6H3. The summed E-state index contributed by atoms with van der Waals surface area (Å²) in [5.41, 5.74) is 0. The minimum Gasteiger partial charge on any atom is -0.139 e. The first kappa shape index (κ1) is 83.7. The van der Waals surface area contributed by atoms with Crippen molar-refractivity contribution in [3.05, 3.63) is 175 Å². The summed E-state index contributed by atoms with van der Waals surface area (Å²) in [7, 11) is 0. The number of hydrogen-bond acceptors (Lipinski definition) is 18. The Balaban J connectivity index is 1.00. The van der Waals surface area contributed by atoms with Crippen LogP contribution in [0.5, 0.6) is 0 Å². The van der Waals surface area contributed by atoms with Crippen LogP contribution in [0.3, 0.4) is 0 Å². The minimum atomic E-state index is 1.16. The highest BCUT2D eigenvalue weighted by Crippen LogP contribution is 2.63. The summed E-state index contributed by atoms with van der Waals surface area (Å²) < 4.78 is 8.00. The smallest absolute Gasteiger partial charge is 0.0654 e. The molecule has 13 rings (SSSR count). The lowest BCUT2D eigenvalue weighted by Crippen LogP contribution is -1.96. The van der Waals surface area contributed by atoms with Crippen molar-refractivity contribution in [2.75, 3.05) is 0 Å². The lowest BCUT2D eigenvalue weighted by Gasteiger charge is -2.24. The maximum atomic E-state index is 2.46. The van der Waals surface area contributed by atoms with Gasteiger partial charge in [0.25, 0.3) is 0 Å². The van der Waals surface area contributed by atoms with Crippen molar-refractivity contribution in [3.63, 3.8) is 0 Å². The number of rotatable bonds is 48. The zero-order valence-electron chi connectivity index (χ0n) is 63.4. The Morgan fingerprint density at radius 3 is 0.444 bits per heavy atom. The van der Waals surface area contributed by atoms with Crippen molar-refractivity contribution in [1.29, 1.82) is 0 Å². The van der Waals surface area contributed by atoms with E-state index in [1.165, 1.54) is 297 Å². The van der Waals surface area contributed by atoms with Crippen LogP contribution >= 0.6 is 207 Å². The van der Waals surface area contributed by atoms with Gasteiger partial charge in [-0.15, -0.1) is 136 Å². The van der Waals surface area contributed by atoms with Gasteiger partial charge in [0, 0.05) is 117 Å². The highest BCUT2D eigenvalue weighted by atomic mass is 32.2. The molecule has 0 bridgehead atoms. The van der Waals surface area contributed by atoms with Gasteiger partial charge in [0.05, 0.1) is 25.3 Å². The summed E-state index contributed by atoms with van der Waals surface area (Å²) in [5, 5.41) is 0. The van der Waals surface area contributed by atoms with Crippen molar-refractivity contribution in [3.8, 4) is 58.5 Å². The molecule has 13 aromatic rings. The zero-order chi connectivity index (χ0) is 74.2. The van der Waals surface area contributed by atoms with E-state index in [2.05, 4.69) is 187 Å². The molecule has 0 fully saturated rings. The van der Waals surface area contributed by atoms with Crippen molar-refractivity contribution in [1.82, 2.24) is 0 Å². The molecule has 0 aliphatic carbocycles. The molecule has 0 radical (unpaired) electrons. The summed E-state index contributed by atoms with van der Waals surface area (Å²) in [6.45, 7) is 13.9. The lowest BCUT2D eigenvalue weighted by atomic mass is 10.1. The number of hydrogen-bond donors (Lipinski definition) is 0. The Hall–Kier alpha value is -2.28. The first-order valence-corrected chi connectivity index (χ1v) is 54.3. The summed E-state index contributed by atoms with van der Waals surface area (Å²) in [6, 6.07) is 58.3. The molecule has 12 heterocycles. The molecule has 0 saturated heterocycles. The SMILES string of the molecule is CCCCCCc1ccc(-c2ccc(Sc3c(Sc4ccc(-c5ccc(CCCCCC)s5)s4)c(Sc4ccc(-c5ccc(CCCCCC)s5)s4)c(Sc4ccc(-c5ccc(CCCCCC)s5)s4)c(Sc4ccc(-c5ccc(CCCCCC)s5)s4)c3Sc3ccc(-c4ccc(CCCCCC)s4)s3)s2)s1. The van der Waals surface area contributed by atoms with Crippen molar-refractivity contribution in [2.45, 2.75) is 289 Å². The van der Waals surface area contributed by atoms with Gasteiger partial charge in [0.2, 0.25) is 0 Å². The van der Waals surface area contributed by atoms with E-state index in [0.717, 1.165) is 38.5 Å². The minimum absolute atomic E-state index is 1.16. The van der Waals surface area contributed by atoms with E-state index in [-0.39, 0.29) is 0 Å². The van der Waals surface area contributed by atoms with Crippen LogP contribution in [0.1, 0.15) is 225 Å². The third kappa shape index (κ3) is 24.0. The second-order valence-corrected chi connectivity index (χ2v) is 49.1. The Bertz CT molecular complexity index is 4010. The third-order valence-corrected chi connectivity index (χ3v) is 41.8. The van der Waals surface area contributed by atoms with Crippen LogP contribution in [0.4, 0.5) is 0 Å². The third-order valence-electron chi connectivity index (χ3n) is 19.0. The molecule has 0 N–H and O–H groups in total. The second-order valence-electron chi connectivity index (χ2n) is 27.8. The highest BCUT2D eigenvalue weighted by Gasteiger charge is 2.32. The molecule has 570 valence electrons. The average Bonchev–Trinajstić information content (AvgIpc) is 1.32. The van der Waals surface area contributed by atoms with Crippen molar-refractivity contribution < 1.29 is 0 Å². The van der Waals surface area contributed by atoms with E-state index in [1.54, 1.807) is 0 Å². The molecule has 0 spiro atoms. The summed E-state index contributed by atoms with van der Waals surface area (Å²) in [5.74, 6) is 0. The summed E-state index contributed by atoms with van der Waals surface area (Å²) in [4.78, 5) is 33.7. The van der Waals surface area contributed by atoms with Crippen LogP contribution in [-0.2, 0) is 38.5 Å². The van der Waals surface area contributed by atoms with Gasteiger partial charge < -0.3 is 0 Å². The molecule has 108 heavy (non-hydrogen) atoms. The topological polar surface area (TPSA) is 0 Å². The molecule has 0 amide bonds. The molecule has 0 unspecified atom stereocenters. The Morgan fingerprint density at radius 1 is 0.157 bits per heavy atom. The van der Waals surface area contributed by atoms with E-state index < -0.39 is 0 Å². The molecular weight excluding hydrogens is 1660 g/mol. The van der Waals surface area contributed by atoms with Gasteiger partial charge in [0.1, 0.15) is 0 Å². The predicted octanol–water partition coefficient (Wildman–Crippen LogP) is 38.1. The van der Waals surface area contributed by atoms with Crippen LogP contribution in [0.2, 0.25) is 0 Å². The molecule has 1 aromatic carbocycles. The molecule has 0 aliphatic rings. The Morgan fingerprint density at radius 2 is 0.296 bits per heavy atom. The first-order chi connectivity index (χ1) is 53.2. The monoisotopic (exact) mass is 1760 g/mol. The first-order valence-electron chi connectivity index (χ1n) is 39.6. The molecular formula is C90H102S18. The van der Waals surface area contributed by atoms with Crippen LogP contribution in [0.25, 0.3) is 58.5 Å². The molecule has 0 saturated carbocycles. The lowest BCUT2D eigenvalue weighted by molar-refractivity contribution is 0.670. The van der Waals surface area contributed by atoms with Gasteiger partial charge in [-0.05, 0) is 223 Å². The fourth-order valence-electron chi connectivity index (χ4n) is 13.0. The zero-order valence-corrected chi connectivity index (χ0v) is 78.1. The maximum absolute atomic E-state index is 2.46. The number of unbranched alkanes of at least 4 members (excludes halogenated alkanes) is 18. The molecule has 0 atom stereocenters. The molecule has 18 heteroatoms. The Labute approximate surface area is 720 Å². The normalized spacial score (nSPS) is 11.8. The van der Waals surface area contributed by atoms with Gasteiger partial charge in [-0.3, -0.25) is 0 Å². The van der Waals surface area contributed by atoms with E-state index >= 15 is 0 Å². The van der Waals surface area contributed by atoms with Gasteiger partial charge in [-0.1, -0.05) is 228 Å². The molecule has 0 aliphatic heterocycles. The molecule has 12 aromatic heterocycles. The molecule has 0 nitrogen and oxygen atoms in total. The number of thiophene rings is 12. The predicted molar refractivity (Wildman–Crippen MR) is 504 cm³/mol. The van der Waals surface area contributed by atoms with E-state index in [1.807, 2.05) is 207 Å². The second kappa shape index (κ2) is 44.2. The van der Waals surface area contributed by atoms with Crippen LogP contribution < -0.4 is 0 Å². The van der Waals surface area contributed by atoms with E-state index in [4.69, 9.17) is 0 Å². The number of aryl methyl sites for hydroxylation is 6. The van der Waals surface area contributed by atoms with Crippen LogP contribution in [0, 0.1) is 0 Å². The fraction of sp³-hybridized carbons (Fsp3) is 0.400. The highest BCUT2D eigenvalue weighted by molar-refractivity contribution is 8.08. The van der Waals surface area contributed by atoms with Gasteiger partial charge >= 0.3 is 0 Å². The van der Waals surface area contributed by atoms with Gasteiger partial charge in [0.15, 0.2) is 0 Å². The van der Waals surface area contributed by atoms with E-state index in [0.29, 0.717) is 0 Å². The Kier molecular flexibility index (Phi) is 34.2. The maximum Gasteiger partial charge on any atom is 0.0654 e. The average molecular weight is 1760 g/mol. The summed E-state index contributed by atoms with van der Waals surface area (Å²) in [6.07, 6.45) is 37.8. The largest absolute Gasteiger partial charge is 0.139 e. The van der Waals surface area contributed by atoms with Crippen LogP contribution in [0.15, 0.2) is 200 Å². The van der Waals surface area contributed by atoms with Gasteiger partial charge in [-0.25, -0.2) is 0 Å². The van der Waals surface area contributed by atoms with Crippen LogP contribution in [-0.4, -0.2) is 0 Å². The van der Waals surface area contributed by atoms with Crippen molar-refractivity contribution in [2.24, 2.45) is 0 Å². The quantitative estimate of drug-likeness (QED) is 0.0346.